The highest BCUT2D eigenvalue weighted by atomic mass is 35.5. The molecule has 1 aromatic heterocycles. The summed E-state index contributed by atoms with van der Waals surface area (Å²) in [4.78, 5) is 20.9. The minimum Gasteiger partial charge on any atom is -0.349 e. The standard InChI is InChI=1S/C32H36ClN5O5S2/c1-6-8-13-23-14-9-11-16-27(23)38-31-25(18-26(33)30(34-31)24-15-10-12-17-28(24)44(5,40)41)32(35-45(38,42)43)37-20-21(3)36(19-22(37)4)29(39)7-2/h7,9-12,14-18,21-22H,2,6,8,13,19-20H2,1,3-5H3/t21-,22+/m1/s1. The van der Waals surface area contributed by atoms with E-state index in [0.29, 0.717) is 30.8 Å². The second kappa shape index (κ2) is 12.6. The topological polar surface area (TPSA) is 120 Å². The van der Waals surface area contributed by atoms with Crippen LogP contribution < -0.4 is 4.31 Å². The number of sulfone groups is 1. The molecule has 0 saturated carbocycles. The Kier molecular flexibility index (Phi) is 9.12. The molecule has 2 aliphatic rings. The van der Waals surface area contributed by atoms with Crippen molar-refractivity contribution in [3.63, 3.8) is 0 Å². The summed E-state index contributed by atoms with van der Waals surface area (Å²) in [6, 6.07) is 14.6. The second-order valence-electron chi connectivity index (χ2n) is 11.4. The zero-order valence-corrected chi connectivity index (χ0v) is 28.0. The highest BCUT2D eigenvalue weighted by Crippen LogP contribution is 2.43. The summed E-state index contributed by atoms with van der Waals surface area (Å²) >= 11 is 6.87. The lowest BCUT2D eigenvalue weighted by molar-refractivity contribution is -0.130. The first kappa shape index (κ1) is 32.6. The van der Waals surface area contributed by atoms with Crippen LogP contribution in [-0.2, 0) is 31.3 Å². The van der Waals surface area contributed by atoms with Gasteiger partial charge in [-0.1, -0.05) is 67.9 Å². The first-order chi connectivity index (χ1) is 21.3. The molecular formula is C32H36ClN5O5S2. The largest absolute Gasteiger partial charge is 0.352 e. The van der Waals surface area contributed by atoms with Crippen molar-refractivity contribution in [3.05, 3.63) is 83.4 Å². The van der Waals surface area contributed by atoms with Crippen LogP contribution in [-0.4, -0.2) is 74.8 Å². The van der Waals surface area contributed by atoms with Gasteiger partial charge in [0.25, 0.3) is 0 Å². The summed E-state index contributed by atoms with van der Waals surface area (Å²) in [7, 11) is -8.09. The lowest BCUT2D eigenvalue weighted by Crippen LogP contribution is -2.60. The highest BCUT2D eigenvalue weighted by Gasteiger charge is 2.41. The van der Waals surface area contributed by atoms with Gasteiger partial charge in [0.15, 0.2) is 21.5 Å². The Hall–Kier alpha value is -3.74. The number of carbonyl (C=O) groups excluding carboxylic acids is 1. The Labute approximate surface area is 270 Å². The highest BCUT2D eigenvalue weighted by molar-refractivity contribution is 7.92. The van der Waals surface area contributed by atoms with Crippen molar-refractivity contribution >= 4 is 54.9 Å². The van der Waals surface area contributed by atoms with Gasteiger partial charge in [-0.15, -0.1) is 4.40 Å². The molecule has 2 aromatic carbocycles. The maximum atomic E-state index is 14.3. The van der Waals surface area contributed by atoms with Crippen molar-refractivity contribution in [2.45, 2.75) is 57.0 Å². The first-order valence-electron chi connectivity index (χ1n) is 14.7. The molecule has 0 radical (unpaired) electrons. The minimum atomic E-state index is -4.40. The van der Waals surface area contributed by atoms with E-state index in [4.69, 9.17) is 16.6 Å². The normalized spacial score (nSPS) is 19.6. The van der Waals surface area contributed by atoms with Gasteiger partial charge in [-0.25, -0.2) is 17.7 Å². The number of carbonyl (C=O) groups is 1. The fraction of sp³-hybridized carbons (Fsp3) is 0.344. The van der Waals surface area contributed by atoms with E-state index in [2.05, 4.69) is 17.9 Å². The summed E-state index contributed by atoms with van der Waals surface area (Å²) in [6.45, 7) is 10.1. The summed E-state index contributed by atoms with van der Waals surface area (Å²) in [5.74, 6) is 0.0205. The van der Waals surface area contributed by atoms with Gasteiger partial charge in [-0.2, -0.15) is 8.42 Å². The SMILES string of the molecule is C=CC(=O)N1C[C@H](C)N(C2=NS(=O)(=O)N(c3ccccc3CCCC)c3nc(-c4ccccc4S(C)(=O)=O)c(Cl)cc32)C[C@H]1C. The van der Waals surface area contributed by atoms with Crippen LogP contribution in [0.15, 0.2) is 76.5 Å². The third-order valence-corrected chi connectivity index (χ3v) is 10.8. The van der Waals surface area contributed by atoms with E-state index in [1.165, 1.54) is 12.1 Å². The number of pyridine rings is 1. The monoisotopic (exact) mass is 669 g/mol. The van der Waals surface area contributed by atoms with Crippen LogP contribution in [0.3, 0.4) is 0 Å². The molecule has 2 aliphatic heterocycles. The number of amidine groups is 1. The summed E-state index contributed by atoms with van der Waals surface area (Å²) < 4.78 is 59.5. The molecule has 0 aliphatic carbocycles. The van der Waals surface area contributed by atoms with Crippen LogP contribution in [0.25, 0.3) is 11.3 Å². The van der Waals surface area contributed by atoms with Crippen molar-refractivity contribution in [1.29, 1.82) is 0 Å². The van der Waals surface area contributed by atoms with Gasteiger partial charge in [0.05, 0.1) is 26.9 Å². The average molecular weight is 670 g/mol. The quantitative estimate of drug-likeness (QED) is 0.309. The second-order valence-corrected chi connectivity index (χ2v) is 15.2. The van der Waals surface area contributed by atoms with E-state index >= 15 is 0 Å². The maximum absolute atomic E-state index is 14.3. The van der Waals surface area contributed by atoms with Crippen molar-refractivity contribution in [1.82, 2.24) is 14.8 Å². The van der Waals surface area contributed by atoms with Crippen LogP contribution in [0.5, 0.6) is 0 Å². The van der Waals surface area contributed by atoms with E-state index in [1.807, 2.05) is 30.9 Å². The van der Waals surface area contributed by atoms with Crippen LogP contribution in [0.2, 0.25) is 5.02 Å². The van der Waals surface area contributed by atoms with Gasteiger partial charge in [0.2, 0.25) is 5.91 Å². The number of halogens is 1. The zero-order valence-electron chi connectivity index (χ0n) is 25.6. The van der Waals surface area contributed by atoms with Gasteiger partial charge >= 0.3 is 10.2 Å². The first-order valence-corrected chi connectivity index (χ1v) is 18.4. The Morgan fingerprint density at radius 2 is 1.76 bits per heavy atom. The lowest BCUT2D eigenvalue weighted by Gasteiger charge is -2.46. The van der Waals surface area contributed by atoms with E-state index in [0.717, 1.165) is 29.0 Å². The molecule has 13 heteroatoms. The predicted octanol–water partition coefficient (Wildman–Crippen LogP) is 5.40. The third-order valence-electron chi connectivity index (χ3n) is 8.09. The number of amides is 1. The molecule has 10 nitrogen and oxygen atoms in total. The number of hydrogen-bond acceptors (Lipinski definition) is 7. The summed E-state index contributed by atoms with van der Waals surface area (Å²) in [5.41, 5.74) is 1.98. The van der Waals surface area contributed by atoms with Crippen molar-refractivity contribution in [2.75, 3.05) is 23.7 Å². The number of rotatable bonds is 7. The van der Waals surface area contributed by atoms with Crippen molar-refractivity contribution in [3.8, 4) is 11.3 Å². The Morgan fingerprint density at radius 1 is 1.07 bits per heavy atom. The average Bonchev–Trinajstić information content (AvgIpc) is 3.00. The lowest BCUT2D eigenvalue weighted by atomic mass is 10.0. The van der Waals surface area contributed by atoms with Crippen LogP contribution in [0, 0.1) is 0 Å². The molecule has 2 atom stereocenters. The number of nitrogens with zero attached hydrogens (tertiary/aromatic N) is 5. The number of para-hydroxylation sites is 1. The number of fused-ring (bicyclic) bond motifs is 1. The van der Waals surface area contributed by atoms with Gasteiger partial charge in [0.1, 0.15) is 0 Å². The van der Waals surface area contributed by atoms with Gasteiger partial charge in [-0.05, 0) is 56.5 Å². The Balaban J connectivity index is 1.76. The molecule has 238 valence electrons. The van der Waals surface area contributed by atoms with Crippen LogP contribution in [0.1, 0.15) is 44.7 Å². The maximum Gasteiger partial charge on any atom is 0.352 e. The molecular weight excluding hydrogens is 634 g/mol. The Morgan fingerprint density at radius 3 is 2.44 bits per heavy atom. The van der Waals surface area contributed by atoms with Crippen LogP contribution in [0.4, 0.5) is 11.5 Å². The fourth-order valence-corrected chi connectivity index (χ4v) is 8.29. The van der Waals surface area contributed by atoms with Gasteiger partial charge < -0.3 is 9.80 Å². The molecule has 5 rings (SSSR count). The van der Waals surface area contributed by atoms with E-state index in [-0.39, 0.29) is 50.8 Å². The molecule has 0 unspecified atom stereocenters. The van der Waals surface area contributed by atoms with E-state index in [1.54, 1.807) is 41.3 Å². The molecule has 1 amide bonds. The number of piperazine rings is 1. The van der Waals surface area contributed by atoms with Crippen molar-refractivity contribution in [2.24, 2.45) is 4.40 Å². The molecule has 45 heavy (non-hydrogen) atoms. The Bertz CT molecular complexity index is 1910. The fourth-order valence-electron chi connectivity index (χ4n) is 5.86. The molecule has 0 N–H and O–H groups in total. The van der Waals surface area contributed by atoms with Gasteiger partial charge in [-0.3, -0.25) is 4.79 Å². The number of anilines is 2. The molecule has 3 heterocycles. The zero-order chi connectivity index (χ0) is 32.7. The molecule has 0 spiro atoms. The summed E-state index contributed by atoms with van der Waals surface area (Å²) in [6.07, 6.45) is 4.76. The van der Waals surface area contributed by atoms with Crippen LogP contribution >= 0.6 is 11.6 Å². The number of hydrogen-bond donors (Lipinski definition) is 0. The number of unbranched alkanes of at least 4 members (excludes halogenated alkanes) is 1. The number of aromatic nitrogens is 1. The van der Waals surface area contributed by atoms with Gasteiger partial charge in [0, 0.05) is 37.0 Å². The molecule has 0 bridgehead atoms. The number of benzene rings is 2. The van der Waals surface area contributed by atoms with E-state index in [9.17, 15) is 21.6 Å². The van der Waals surface area contributed by atoms with Crippen molar-refractivity contribution < 1.29 is 21.6 Å². The number of aryl methyl sites for hydroxylation is 1. The summed E-state index contributed by atoms with van der Waals surface area (Å²) in [5, 5.41) is 0.136. The molecule has 3 aromatic rings. The molecule has 1 saturated heterocycles. The third kappa shape index (κ3) is 6.23. The van der Waals surface area contributed by atoms with E-state index < -0.39 is 20.0 Å². The smallest absolute Gasteiger partial charge is 0.349 e. The molecule has 1 fully saturated rings. The minimum absolute atomic E-state index is 0.0206. The predicted molar refractivity (Wildman–Crippen MR) is 178 cm³/mol.